The fraction of sp³-hybridized carbons (Fsp3) is 0.200. The summed E-state index contributed by atoms with van der Waals surface area (Å²) < 4.78 is 14.3. The van der Waals surface area contributed by atoms with Crippen molar-refractivity contribution in [3.63, 3.8) is 0 Å². The molecule has 2 aromatic rings. The lowest BCUT2D eigenvalue weighted by atomic mass is 10.1. The van der Waals surface area contributed by atoms with E-state index >= 15 is 0 Å². The monoisotopic (exact) mass is 307 g/mol. The Bertz CT molecular complexity index is 499. The van der Waals surface area contributed by atoms with Crippen LogP contribution in [0.1, 0.15) is 12.0 Å². The van der Waals surface area contributed by atoms with Crippen molar-refractivity contribution in [3.8, 4) is 0 Å². The molecule has 0 amide bonds. The minimum Gasteiger partial charge on any atom is -0.383 e. The van der Waals surface area contributed by atoms with E-state index in [0.717, 1.165) is 23.9 Å². The zero-order valence-electron chi connectivity index (χ0n) is 10.00. The van der Waals surface area contributed by atoms with Crippen LogP contribution in [0.25, 0.3) is 0 Å². The number of halogens is 2. The van der Waals surface area contributed by atoms with Gasteiger partial charge in [-0.05, 0) is 36.6 Å². The van der Waals surface area contributed by atoms with Gasteiger partial charge in [0.2, 0.25) is 0 Å². The third kappa shape index (κ3) is 3.84. The van der Waals surface area contributed by atoms with E-state index in [2.05, 4.69) is 33.4 Å². The van der Waals surface area contributed by atoms with E-state index in [1.54, 1.807) is 6.07 Å². The summed E-state index contributed by atoms with van der Waals surface area (Å²) in [6.07, 6.45) is 1.99. The summed E-state index contributed by atoms with van der Waals surface area (Å²) in [5, 5.41) is 3.11. The minimum absolute atomic E-state index is 0.218. The molecule has 0 bridgehead atoms. The number of aryl methyl sites for hydroxylation is 1. The van der Waals surface area contributed by atoms with Gasteiger partial charge in [0.25, 0.3) is 0 Å². The fourth-order valence-electron chi connectivity index (χ4n) is 1.79. The Hall–Kier alpha value is -1.35. The van der Waals surface area contributed by atoms with Gasteiger partial charge in [0, 0.05) is 11.0 Å². The maximum absolute atomic E-state index is 13.5. The molecule has 0 aliphatic heterocycles. The Balaban J connectivity index is 1.79. The lowest BCUT2D eigenvalue weighted by Crippen LogP contribution is -2.04. The van der Waals surface area contributed by atoms with Crippen LogP contribution in [-0.4, -0.2) is 6.54 Å². The number of hydrogen-bond donors (Lipinski definition) is 1. The maximum Gasteiger partial charge on any atom is 0.147 e. The number of anilines is 1. The molecule has 0 spiro atoms. The van der Waals surface area contributed by atoms with Crippen molar-refractivity contribution in [1.82, 2.24) is 0 Å². The second-order valence-corrected chi connectivity index (χ2v) is 5.06. The summed E-state index contributed by atoms with van der Waals surface area (Å²) >= 11 is 3.24. The molecule has 18 heavy (non-hydrogen) atoms. The average molecular weight is 308 g/mol. The van der Waals surface area contributed by atoms with Gasteiger partial charge in [-0.3, -0.25) is 0 Å². The van der Waals surface area contributed by atoms with Crippen LogP contribution in [0.3, 0.4) is 0 Å². The molecule has 0 fully saturated rings. The van der Waals surface area contributed by atoms with Gasteiger partial charge < -0.3 is 5.32 Å². The van der Waals surface area contributed by atoms with Gasteiger partial charge in [-0.15, -0.1) is 0 Å². The SMILES string of the molecule is Fc1cc(Br)ccc1NCCCc1ccccc1. The minimum atomic E-state index is -0.218. The Kier molecular flexibility index (Phi) is 4.76. The quantitative estimate of drug-likeness (QED) is 0.794. The summed E-state index contributed by atoms with van der Waals surface area (Å²) in [4.78, 5) is 0. The van der Waals surface area contributed by atoms with Crippen LogP contribution in [0.4, 0.5) is 10.1 Å². The fourth-order valence-corrected chi connectivity index (χ4v) is 2.13. The highest BCUT2D eigenvalue weighted by Gasteiger charge is 2.01. The molecule has 0 radical (unpaired) electrons. The zero-order chi connectivity index (χ0) is 12.8. The molecular weight excluding hydrogens is 293 g/mol. The second-order valence-electron chi connectivity index (χ2n) is 4.14. The van der Waals surface area contributed by atoms with Crippen molar-refractivity contribution in [3.05, 3.63) is 64.4 Å². The Morgan fingerprint density at radius 1 is 1.06 bits per heavy atom. The molecule has 1 nitrogen and oxygen atoms in total. The molecule has 0 aliphatic rings. The Morgan fingerprint density at radius 2 is 1.83 bits per heavy atom. The summed E-state index contributed by atoms with van der Waals surface area (Å²) in [7, 11) is 0. The van der Waals surface area contributed by atoms with E-state index < -0.39 is 0 Å². The summed E-state index contributed by atoms with van der Waals surface area (Å²) in [6.45, 7) is 0.771. The molecule has 0 unspecified atom stereocenters. The van der Waals surface area contributed by atoms with Crippen LogP contribution in [0.15, 0.2) is 53.0 Å². The number of nitrogens with one attached hydrogen (secondary N) is 1. The first-order valence-electron chi connectivity index (χ1n) is 5.98. The number of hydrogen-bond acceptors (Lipinski definition) is 1. The lowest BCUT2D eigenvalue weighted by molar-refractivity contribution is 0.628. The van der Waals surface area contributed by atoms with E-state index in [4.69, 9.17) is 0 Å². The summed E-state index contributed by atoms with van der Waals surface area (Å²) in [5.74, 6) is -0.218. The van der Waals surface area contributed by atoms with E-state index in [0.29, 0.717) is 5.69 Å². The number of rotatable bonds is 5. The molecule has 2 aromatic carbocycles. The first-order chi connectivity index (χ1) is 8.75. The molecule has 94 valence electrons. The van der Waals surface area contributed by atoms with E-state index in [1.165, 1.54) is 11.6 Å². The predicted octanol–water partition coefficient (Wildman–Crippen LogP) is 4.63. The normalized spacial score (nSPS) is 10.3. The van der Waals surface area contributed by atoms with Crippen molar-refractivity contribution in [2.45, 2.75) is 12.8 Å². The van der Waals surface area contributed by atoms with Gasteiger partial charge in [-0.1, -0.05) is 46.3 Å². The predicted molar refractivity (Wildman–Crippen MR) is 77.4 cm³/mol. The van der Waals surface area contributed by atoms with Crippen molar-refractivity contribution in [2.24, 2.45) is 0 Å². The Morgan fingerprint density at radius 3 is 2.56 bits per heavy atom. The van der Waals surface area contributed by atoms with Crippen molar-refractivity contribution < 1.29 is 4.39 Å². The van der Waals surface area contributed by atoms with Gasteiger partial charge in [0.15, 0.2) is 0 Å². The third-order valence-electron chi connectivity index (χ3n) is 2.73. The van der Waals surface area contributed by atoms with E-state index in [9.17, 15) is 4.39 Å². The van der Waals surface area contributed by atoms with Gasteiger partial charge >= 0.3 is 0 Å². The molecule has 2 rings (SSSR count). The lowest BCUT2D eigenvalue weighted by Gasteiger charge is -2.07. The van der Waals surface area contributed by atoms with Gasteiger partial charge in [-0.2, -0.15) is 0 Å². The summed E-state index contributed by atoms with van der Waals surface area (Å²) in [5.41, 5.74) is 1.88. The molecule has 0 heterocycles. The highest BCUT2D eigenvalue weighted by molar-refractivity contribution is 9.10. The van der Waals surface area contributed by atoms with Crippen LogP contribution >= 0.6 is 15.9 Å². The molecule has 0 saturated carbocycles. The third-order valence-corrected chi connectivity index (χ3v) is 3.22. The molecular formula is C15H15BrFN. The highest BCUT2D eigenvalue weighted by Crippen LogP contribution is 2.19. The second kappa shape index (κ2) is 6.55. The molecule has 3 heteroatoms. The standard InChI is InChI=1S/C15H15BrFN/c16-13-8-9-15(14(17)11-13)18-10-4-7-12-5-2-1-3-6-12/h1-3,5-6,8-9,11,18H,4,7,10H2. The van der Waals surface area contributed by atoms with Gasteiger partial charge in [0.05, 0.1) is 5.69 Å². The van der Waals surface area contributed by atoms with Gasteiger partial charge in [-0.25, -0.2) is 4.39 Å². The topological polar surface area (TPSA) is 12.0 Å². The average Bonchev–Trinajstić information content (AvgIpc) is 2.38. The highest BCUT2D eigenvalue weighted by atomic mass is 79.9. The molecule has 0 saturated heterocycles. The maximum atomic E-state index is 13.5. The van der Waals surface area contributed by atoms with Crippen molar-refractivity contribution in [2.75, 3.05) is 11.9 Å². The smallest absolute Gasteiger partial charge is 0.147 e. The molecule has 0 aromatic heterocycles. The first-order valence-corrected chi connectivity index (χ1v) is 6.78. The first kappa shape index (κ1) is 13.1. The van der Waals surface area contributed by atoms with Crippen LogP contribution in [0.5, 0.6) is 0 Å². The molecule has 0 aliphatic carbocycles. The van der Waals surface area contributed by atoms with E-state index in [-0.39, 0.29) is 5.82 Å². The van der Waals surface area contributed by atoms with Crippen LogP contribution in [0, 0.1) is 5.82 Å². The van der Waals surface area contributed by atoms with Crippen LogP contribution < -0.4 is 5.32 Å². The zero-order valence-corrected chi connectivity index (χ0v) is 11.6. The van der Waals surface area contributed by atoms with Crippen molar-refractivity contribution in [1.29, 1.82) is 0 Å². The number of benzene rings is 2. The van der Waals surface area contributed by atoms with E-state index in [1.807, 2.05) is 24.3 Å². The van der Waals surface area contributed by atoms with Gasteiger partial charge in [0.1, 0.15) is 5.82 Å². The summed E-state index contributed by atoms with van der Waals surface area (Å²) in [6, 6.07) is 15.4. The molecule has 1 N–H and O–H groups in total. The Labute approximate surface area is 115 Å². The van der Waals surface area contributed by atoms with Crippen LogP contribution in [-0.2, 0) is 6.42 Å². The largest absolute Gasteiger partial charge is 0.383 e. The van der Waals surface area contributed by atoms with Crippen molar-refractivity contribution >= 4 is 21.6 Å². The molecule has 0 atom stereocenters. The van der Waals surface area contributed by atoms with Crippen LogP contribution in [0.2, 0.25) is 0 Å².